The normalized spacial score (nSPS) is 26.7. The van der Waals surface area contributed by atoms with Crippen LogP contribution in [0.5, 0.6) is 17.2 Å². The number of nitrogens with zero attached hydrogens (tertiary/aromatic N) is 2. The molecule has 3 fully saturated rings. The van der Waals surface area contributed by atoms with Crippen molar-refractivity contribution in [3.05, 3.63) is 60.4 Å². The fourth-order valence-electron chi connectivity index (χ4n) is 9.00. The predicted octanol–water partition coefficient (Wildman–Crippen LogP) is 7.90. The van der Waals surface area contributed by atoms with Crippen LogP contribution in [0.3, 0.4) is 0 Å². The first-order valence-corrected chi connectivity index (χ1v) is 24.8. The van der Waals surface area contributed by atoms with E-state index >= 15 is 9.18 Å². The Kier molecular flexibility index (Phi) is 14.3. The number of carbonyl (C=O) groups is 4. The van der Waals surface area contributed by atoms with E-state index < -0.39 is 91.7 Å². The highest BCUT2D eigenvalue weighted by molar-refractivity contribution is 7.91. The monoisotopic (exact) mass is 987 g/mol. The number of alkyl halides is 3. The summed E-state index contributed by atoms with van der Waals surface area (Å²) >= 11 is 0. The number of hydrogen-bond donors (Lipinski definition) is 3. The molecule has 20 heteroatoms. The lowest BCUT2D eigenvalue weighted by Crippen LogP contribution is -2.60. The zero-order valence-electron chi connectivity index (χ0n) is 40.0. The summed E-state index contributed by atoms with van der Waals surface area (Å²) in [6.45, 7) is 9.87. The lowest BCUT2D eigenvalue weighted by molar-refractivity contribution is -0.244. The van der Waals surface area contributed by atoms with Crippen LogP contribution in [0.4, 0.5) is 22.4 Å². The van der Waals surface area contributed by atoms with Crippen molar-refractivity contribution in [3.8, 4) is 28.5 Å². The van der Waals surface area contributed by atoms with Crippen molar-refractivity contribution in [1.29, 1.82) is 0 Å². The topological polar surface area (TPSA) is 192 Å². The van der Waals surface area contributed by atoms with Crippen LogP contribution in [-0.4, -0.2) is 102 Å². The van der Waals surface area contributed by atoms with Gasteiger partial charge in [0.05, 0.1) is 35.7 Å². The molecule has 7 rings (SSSR count). The van der Waals surface area contributed by atoms with Crippen LogP contribution in [0.1, 0.15) is 99.8 Å². The summed E-state index contributed by atoms with van der Waals surface area (Å²) in [6.07, 6.45) is -1.77. The van der Waals surface area contributed by atoms with Crippen LogP contribution in [0.15, 0.2) is 54.6 Å². The van der Waals surface area contributed by atoms with Gasteiger partial charge in [0, 0.05) is 35.4 Å². The Morgan fingerprint density at radius 3 is 2.41 bits per heavy atom. The summed E-state index contributed by atoms with van der Waals surface area (Å²) < 4.78 is 108. The van der Waals surface area contributed by atoms with Crippen LogP contribution in [0.2, 0.25) is 0 Å². The zero-order chi connectivity index (χ0) is 50.4. The molecule has 0 radical (unpaired) electrons. The second-order valence-corrected chi connectivity index (χ2v) is 22.1. The Labute approximate surface area is 399 Å². The highest BCUT2D eigenvalue weighted by Crippen LogP contribution is 2.48. The minimum Gasteiger partial charge on any atom is -0.497 e. The van der Waals surface area contributed by atoms with Gasteiger partial charge in [-0.05, 0) is 115 Å². The first-order chi connectivity index (χ1) is 32.3. The van der Waals surface area contributed by atoms with Crippen molar-refractivity contribution >= 4 is 44.7 Å². The van der Waals surface area contributed by atoms with Gasteiger partial charge in [-0.15, -0.1) is 0 Å². The first kappa shape index (κ1) is 51.2. The van der Waals surface area contributed by atoms with Gasteiger partial charge in [0.15, 0.2) is 11.6 Å². The number of nitrogens with one attached hydrogen (secondary N) is 3. The molecule has 1 saturated heterocycles. The number of sulfonamides is 1. The van der Waals surface area contributed by atoms with Gasteiger partial charge in [-0.25, -0.2) is 22.6 Å². The molecule has 69 heavy (non-hydrogen) atoms. The van der Waals surface area contributed by atoms with E-state index in [1.54, 1.807) is 57.2 Å². The molecule has 2 saturated carbocycles. The number of carbonyl (C=O) groups excluding carboxylic acids is 4. The molecule has 4 aliphatic rings. The molecule has 7 atom stereocenters. The number of fused-ring (bicyclic) bond motifs is 3. The predicted molar refractivity (Wildman–Crippen MR) is 247 cm³/mol. The van der Waals surface area contributed by atoms with Gasteiger partial charge in [-0.2, -0.15) is 13.2 Å². The molecule has 3 aromatic rings. The van der Waals surface area contributed by atoms with Gasteiger partial charge in [-0.3, -0.25) is 19.1 Å². The van der Waals surface area contributed by atoms with Crippen molar-refractivity contribution in [2.45, 2.75) is 146 Å². The van der Waals surface area contributed by atoms with Crippen LogP contribution in [-0.2, 0) is 29.1 Å². The van der Waals surface area contributed by atoms with Crippen LogP contribution >= 0.6 is 0 Å². The van der Waals surface area contributed by atoms with E-state index in [2.05, 4.69) is 15.4 Å². The Bertz CT molecular complexity index is 2620. The Hall–Kier alpha value is -5.66. The molecule has 2 aromatic carbocycles. The smallest absolute Gasteiger partial charge is 0.427 e. The van der Waals surface area contributed by atoms with Gasteiger partial charge in [0.1, 0.15) is 35.2 Å². The van der Waals surface area contributed by atoms with Gasteiger partial charge >= 0.3 is 12.3 Å². The lowest BCUT2D eigenvalue weighted by atomic mass is 9.85. The average Bonchev–Trinajstić information content (AvgIpc) is 4.15. The fraction of sp³-hybridized carbons (Fsp3) is 0.571. The maximum atomic E-state index is 15.4. The molecule has 4 amide bonds. The maximum Gasteiger partial charge on any atom is 0.427 e. The maximum absolute atomic E-state index is 15.4. The summed E-state index contributed by atoms with van der Waals surface area (Å²) in [6, 6.07) is 8.12. The summed E-state index contributed by atoms with van der Waals surface area (Å²) in [5.74, 6) is -3.78. The molecule has 0 spiro atoms. The molecule has 3 N–H and O–H groups in total. The van der Waals surface area contributed by atoms with E-state index in [-0.39, 0.29) is 42.9 Å². The Morgan fingerprint density at radius 2 is 1.77 bits per heavy atom. The van der Waals surface area contributed by atoms with Crippen molar-refractivity contribution in [1.82, 2.24) is 25.2 Å². The zero-order valence-corrected chi connectivity index (χ0v) is 40.8. The van der Waals surface area contributed by atoms with E-state index in [1.165, 1.54) is 31.1 Å². The minimum atomic E-state index is -4.95. The summed E-state index contributed by atoms with van der Waals surface area (Å²) in [7, 11) is -2.65. The number of aromatic nitrogens is 1. The number of halogens is 4. The van der Waals surface area contributed by atoms with Crippen molar-refractivity contribution in [3.63, 3.8) is 0 Å². The molecule has 1 aromatic heterocycles. The van der Waals surface area contributed by atoms with Crippen molar-refractivity contribution in [2.75, 3.05) is 13.7 Å². The van der Waals surface area contributed by atoms with Gasteiger partial charge < -0.3 is 34.5 Å². The third kappa shape index (κ3) is 10.9. The van der Waals surface area contributed by atoms with E-state index in [4.69, 9.17) is 23.9 Å². The number of methoxy groups -OCH3 is 1. The molecule has 3 heterocycles. The largest absolute Gasteiger partial charge is 0.497 e. The molecule has 0 unspecified atom stereocenters. The number of pyridine rings is 1. The van der Waals surface area contributed by atoms with Gasteiger partial charge in [-0.1, -0.05) is 32.4 Å². The number of amides is 4. The number of hydrogen-bond acceptors (Lipinski definition) is 11. The van der Waals surface area contributed by atoms with Crippen LogP contribution in [0.25, 0.3) is 22.2 Å². The SMILES string of the molecule is CC[C@@H]1C[C@H](C)CC/C=C\[C@@H]2C[C@@]2(C(=O)NS(=O)(=O)C2(C)CC2)NC(=O)[C@@H]2C[C@@H](Oc3cc(-c4ccc(OC(C)C)c(F)c4)nc4cc(OC)ccc34)CN2C(=O)[C@H]1NC(=O)OC(C)(C)C(F)(F)F. The second kappa shape index (κ2) is 19.3. The molecule has 376 valence electrons. The van der Waals surface area contributed by atoms with E-state index in [9.17, 15) is 36.0 Å². The van der Waals surface area contributed by atoms with Gasteiger partial charge in [0.25, 0.3) is 5.91 Å². The van der Waals surface area contributed by atoms with Crippen molar-refractivity contribution in [2.24, 2.45) is 17.8 Å². The number of ether oxygens (including phenoxy) is 4. The average molecular weight is 988 g/mol. The van der Waals surface area contributed by atoms with Crippen LogP contribution < -0.4 is 29.6 Å². The highest BCUT2D eigenvalue weighted by Gasteiger charge is 2.63. The molecule has 2 aliphatic heterocycles. The molecular formula is C49H61F4N5O10S. The molecule has 0 bridgehead atoms. The third-order valence-electron chi connectivity index (χ3n) is 13.8. The summed E-state index contributed by atoms with van der Waals surface area (Å²) in [4.78, 5) is 63.6. The molecule has 15 nitrogen and oxygen atoms in total. The fourth-order valence-corrected chi connectivity index (χ4v) is 10.3. The Morgan fingerprint density at radius 1 is 1.04 bits per heavy atom. The quantitative estimate of drug-likeness (QED) is 0.118. The number of rotatable bonds is 12. The highest BCUT2D eigenvalue weighted by atomic mass is 32.2. The van der Waals surface area contributed by atoms with E-state index in [1.807, 2.05) is 13.0 Å². The first-order valence-electron chi connectivity index (χ1n) is 23.3. The van der Waals surface area contributed by atoms with Crippen molar-refractivity contribution < 1.29 is 64.1 Å². The van der Waals surface area contributed by atoms with E-state index in [0.29, 0.717) is 80.3 Å². The standard InChI is InChI=1S/C49H61F4N5O10S/c1-9-29-20-28(4)12-10-11-13-31-25-48(31,44(61)57-69(63,64)47(7)18-19-47)56-42(59)38-23-33(26-58(38)43(60)41(29)55-45(62)68-46(5,6)49(51,52)53)67-40-24-36(54-37-22-32(65-8)15-16-34(37)40)30-14-17-39(35(50)21-30)66-27(2)3/h11,13-17,21-22,24,27-29,31,33,38,41H,9-10,12,18-20,23,25-26H2,1-8H3,(H,55,62)(H,56,59)(H,57,61)/b13-11-/t28-,29-,31-,33-,38+,41+,48-/m1/s1. The third-order valence-corrected chi connectivity index (χ3v) is 15.9. The van der Waals surface area contributed by atoms with E-state index in [0.717, 1.165) is 0 Å². The lowest BCUT2D eigenvalue weighted by Gasteiger charge is -2.35. The summed E-state index contributed by atoms with van der Waals surface area (Å²) in [5.41, 5.74) is -3.57. The number of benzene rings is 2. The van der Waals surface area contributed by atoms with Crippen LogP contribution in [0, 0.1) is 23.6 Å². The minimum absolute atomic E-state index is 0.0430. The Balaban J connectivity index is 1.28. The molecule has 2 aliphatic carbocycles. The second-order valence-electron chi connectivity index (χ2n) is 19.9. The van der Waals surface area contributed by atoms with Gasteiger partial charge in [0.2, 0.25) is 27.4 Å². The molecular weight excluding hydrogens is 927 g/mol. The summed E-state index contributed by atoms with van der Waals surface area (Å²) in [5, 5.41) is 5.75. The number of alkyl carbamates (subject to hydrolysis) is 1. The number of allylic oxidation sites excluding steroid dienone is 1.